The molecule has 1 atom stereocenters. The average Bonchev–Trinajstić information content (AvgIpc) is 2.76. The Hall–Kier alpha value is -2.13. The quantitative estimate of drug-likeness (QED) is 0.904. The number of anilines is 1. The van der Waals surface area contributed by atoms with Crippen LogP contribution < -0.4 is 5.32 Å². The summed E-state index contributed by atoms with van der Waals surface area (Å²) in [7, 11) is 0. The van der Waals surface area contributed by atoms with Crippen LogP contribution in [0.1, 0.15) is 54.7 Å². The second-order valence-corrected chi connectivity index (χ2v) is 6.85. The van der Waals surface area contributed by atoms with Crippen LogP contribution in [-0.2, 0) is 16.6 Å². The maximum absolute atomic E-state index is 12.2. The van der Waals surface area contributed by atoms with Crippen LogP contribution in [0.2, 0.25) is 0 Å². The van der Waals surface area contributed by atoms with E-state index in [1.54, 1.807) is 0 Å². The molecule has 23 heavy (non-hydrogen) atoms. The number of rotatable bonds is 3. The summed E-state index contributed by atoms with van der Waals surface area (Å²) in [4.78, 5) is 12.2. The number of fused-ring (bicyclic) bond motifs is 1. The van der Waals surface area contributed by atoms with E-state index in [9.17, 15) is 9.90 Å². The van der Waals surface area contributed by atoms with E-state index in [4.69, 9.17) is 0 Å². The summed E-state index contributed by atoms with van der Waals surface area (Å²) >= 11 is 0. The van der Waals surface area contributed by atoms with Gasteiger partial charge in [0, 0.05) is 5.69 Å². The van der Waals surface area contributed by atoms with Gasteiger partial charge in [-0.1, -0.05) is 42.8 Å². The van der Waals surface area contributed by atoms with Crippen molar-refractivity contribution >= 4 is 11.6 Å². The zero-order chi connectivity index (χ0) is 16.8. The predicted octanol–water partition coefficient (Wildman–Crippen LogP) is 3.87. The van der Waals surface area contributed by atoms with E-state index in [0.29, 0.717) is 0 Å². The van der Waals surface area contributed by atoms with Crippen molar-refractivity contribution in [1.82, 2.24) is 0 Å². The Bertz CT molecular complexity index is 760. The second kappa shape index (κ2) is 5.50. The van der Waals surface area contributed by atoms with Crippen LogP contribution in [0.15, 0.2) is 36.4 Å². The lowest BCUT2D eigenvalue weighted by molar-refractivity contribution is -0.119. The average molecular weight is 309 g/mol. The van der Waals surface area contributed by atoms with E-state index in [-0.39, 0.29) is 5.91 Å². The molecule has 1 aliphatic heterocycles. The van der Waals surface area contributed by atoms with Crippen molar-refractivity contribution in [1.29, 1.82) is 0 Å². The molecule has 0 aromatic heterocycles. The van der Waals surface area contributed by atoms with Crippen LogP contribution in [0.5, 0.6) is 0 Å². The third-order valence-corrected chi connectivity index (χ3v) is 4.81. The molecule has 1 heterocycles. The van der Waals surface area contributed by atoms with Crippen molar-refractivity contribution in [3.05, 3.63) is 64.2 Å². The lowest BCUT2D eigenvalue weighted by Gasteiger charge is -2.19. The minimum absolute atomic E-state index is 0.0178. The Labute approximate surface area is 137 Å². The van der Waals surface area contributed by atoms with Gasteiger partial charge in [0.1, 0.15) is 6.10 Å². The molecular formula is C20H23NO2. The molecule has 1 unspecified atom stereocenters. The first-order valence-corrected chi connectivity index (χ1v) is 8.08. The summed E-state index contributed by atoms with van der Waals surface area (Å²) in [6, 6.07) is 11.9. The summed E-state index contributed by atoms with van der Waals surface area (Å²) in [5, 5.41) is 13.8. The van der Waals surface area contributed by atoms with Crippen LogP contribution in [0.25, 0.3) is 0 Å². The molecule has 3 heteroatoms. The summed E-state index contributed by atoms with van der Waals surface area (Å²) in [5.41, 5.74) is 5.28. The van der Waals surface area contributed by atoms with Crippen molar-refractivity contribution in [2.24, 2.45) is 0 Å². The van der Waals surface area contributed by atoms with Crippen molar-refractivity contribution in [2.75, 3.05) is 5.32 Å². The van der Waals surface area contributed by atoms with Crippen LogP contribution in [-0.4, -0.2) is 11.0 Å². The lowest BCUT2D eigenvalue weighted by atomic mass is 9.83. The fourth-order valence-corrected chi connectivity index (χ4v) is 3.14. The number of carbonyl (C=O) groups is 1. The molecule has 0 saturated heterocycles. The monoisotopic (exact) mass is 309 g/mol. The molecule has 1 aliphatic rings. The first-order valence-electron chi connectivity index (χ1n) is 8.08. The molecule has 3 rings (SSSR count). The predicted molar refractivity (Wildman–Crippen MR) is 92.7 cm³/mol. The Morgan fingerprint density at radius 3 is 2.39 bits per heavy atom. The van der Waals surface area contributed by atoms with Crippen molar-refractivity contribution in [3.8, 4) is 0 Å². The molecule has 0 saturated carbocycles. The molecule has 2 aromatic rings. The van der Waals surface area contributed by atoms with E-state index < -0.39 is 11.5 Å². The summed E-state index contributed by atoms with van der Waals surface area (Å²) < 4.78 is 0. The molecule has 0 spiro atoms. The zero-order valence-corrected chi connectivity index (χ0v) is 14.1. The number of amides is 1. The minimum Gasteiger partial charge on any atom is -0.384 e. The molecule has 0 bridgehead atoms. The van der Waals surface area contributed by atoms with E-state index >= 15 is 0 Å². The maximum Gasteiger partial charge on any atom is 0.234 e. The Morgan fingerprint density at radius 1 is 1.13 bits per heavy atom. The topological polar surface area (TPSA) is 49.3 Å². The first-order chi connectivity index (χ1) is 10.8. The first kappa shape index (κ1) is 15.8. The minimum atomic E-state index is -0.683. The van der Waals surface area contributed by atoms with E-state index in [1.165, 1.54) is 5.56 Å². The number of aliphatic hydroxyl groups is 1. The third-order valence-electron chi connectivity index (χ3n) is 4.81. The van der Waals surface area contributed by atoms with Crippen LogP contribution in [0, 0.1) is 6.92 Å². The molecule has 2 N–H and O–H groups in total. The Morgan fingerprint density at radius 2 is 1.78 bits per heavy atom. The SMILES string of the molecule is CCc1cc(C(O)c2ccc(C)cc2)cc2c1NC(=O)C2(C)C. The van der Waals surface area contributed by atoms with Gasteiger partial charge in [-0.3, -0.25) is 4.79 Å². The number of hydrogen-bond donors (Lipinski definition) is 2. The van der Waals surface area contributed by atoms with Gasteiger partial charge in [0.15, 0.2) is 0 Å². The normalized spacial score (nSPS) is 16.8. The lowest BCUT2D eigenvalue weighted by Crippen LogP contribution is -2.26. The number of benzene rings is 2. The number of hydrogen-bond acceptors (Lipinski definition) is 2. The van der Waals surface area contributed by atoms with Gasteiger partial charge in [0.2, 0.25) is 5.91 Å². The zero-order valence-electron chi connectivity index (χ0n) is 14.1. The highest BCUT2D eigenvalue weighted by Gasteiger charge is 2.39. The molecule has 2 aromatic carbocycles. The summed E-state index contributed by atoms with van der Waals surface area (Å²) in [5.74, 6) is 0.0178. The van der Waals surface area contributed by atoms with E-state index in [2.05, 4.69) is 12.2 Å². The van der Waals surface area contributed by atoms with Gasteiger partial charge in [-0.05, 0) is 55.5 Å². The molecule has 0 fully saturated rings. The fraction of sp³-hybridized carbons (Fsp3) is 0.350. The fourth-order valence-electron chi connectivity index (χ4n) is 3.14. The van der Waals surface area contributed by atoms with Gasteiger partial charge in [-0.25, -0.2) is 0 Å². The Balaban J connectivity index is 2.10. The smallest absolute Gasteiger partial charge is 0.234 e. The van der Waals surface area contributed by atoms with Gasteiger partial charge in [-0.15, -0.1) is 0 Å². The second-order valence-electron chi connectivity index (χ2n) is 6.85. The van der Waals surface area contributed by atoms with Crippen LogP contribution >= 0.6 is 0 Å². The molecule has 0 radical (unpaired) electrons. The van der Waals surface area contributed by atoms with Crippen LogP contribution in [0.4, 0.5) is 5.69 Å². The Kier molecular flexibility index (Phi) is 3.77. The van der Waals surface area contributed by atoms with Crippen molar-refractivity contribution in [2.45, 2.75) is 45.6 Å². The highest BCUT2D eigenvalue weighted by atomic mass is 16.3. The summed E-state index contributed by atoms with van der Waals surface area (Å²) in [6.07, 6.45) is 0.130. The number of aryl methyl sites for hydroxylation is 2. The molecule has 1 amide bonds. The molecular weight excluding hydrogens is 286 g/mol. The standard InChI is InChI=1S/C20H23NO2/c1-5-13-10-15(18(22)14-8-6-12(2)7-9-14)11-16-17(13)21-19(23)20(16,3)4/h6-11,18,22H,5H2,1-4H3,(H,21,23). The number of carbonyl (C=O) groups excluding carboxylic acids is 1. The molecule has 0 aliphatic carbocycles. The summed E-state index contributed by atoms with van der Waals surface area (Å²) in [6.45, 7) is 7.95. The number of aliphatic hydroxyl groups excluding tert-OH is 1. The molecule has 120 valence electrons. The van der Waals surface area contributed by atoms with Gasteiger partial charge < -0.3 is 10.4 Å². The third kappa shape index (κ3) is 2.55. The maximum atomic E-state index is 12.2. The van der Waals surface area contributed by atoms with Crippen molar-refractivity contribution < 1.29 is 9.90 Å². The number of nitrogens with one attached hydrogen (secondary N) is 1. The molecule has 3 nitrogen and oxygen atoms in total. The van der Waals surface area contributed by atoms with Gasteiger partial charge in [0.25, 0.3) is 0 Å². The van der Waals surface area contributed by atoms with Crippen molar-refractivity contribution in [3.63, 3.8) is 0 Å². The van der Waals surface area contributed by atoms with Gasteiger partial charge in [0.05, 0.1) is 5.41 Å². The van der Waals surface area contributed by atoms with Crippen LogP contribution in [0.3, 0.4) is 0 Å². The van der Waals surface area contributed by atoms with E-state index in [0.717, 1.165) is 34.4 Å². The van der Waals surface area contributed by atoms with Gasteiger partial charge >= 0.3 is 0 Å². The van der Waals surface area contributed by atoms with Gasteiger partial charge in [-0.2, -0.15) is 0 Å². The van der Waals surface area contributed by atoms with E-state index in [1.807, 2.05) is 57.2 Å². The largest absolute Gasteiger partial charge is 0.384 e. The highest BCUT2D eigenvalue weighted by molar-refractivity contribution is 6.06. The highest BCUT2D eigenvalue weighted by Crippen LogP contribution is 2.42.